The molecule has 1 aliphatic heterocycles. The van der Waals surface area contributed by atoms with Crippen molar-refractivity contribution in [2.75, 3.05) is 29.9 Å². The third-order valence-corrected chi connectivity index (χ3v) is 5.02. The zero-order chi connectivity index (χ0) is 24.7. The number of nitrogens with two attached hydrogens (primary N) is 1. The minimum atomic E-state index is -5.08. The lowest BCUT2D eigenvalue weighted by Gasteiger charge is -2.30. The maximum atomic E-state index is 10.6. The second-order valence-corrected chi connectivity index (χ2v) is 7.66. The number of piperidine rings is 1. The van der Waals surface area contributed by atoms with Crippen LogP contribution in [0.15, 0.2) is 48.9 Å². The molecule has 1 aliphatic rings. The molecule has 3 N–H and O–H groups in total. The van der Waals surface area contributed by atoms with Crippen LogP contribution in [0.4, 0.5) is 25.1 Å². The van der Waals surface area contributed by atoms with Crippen LogP contribution in [0.3, 0.4) is 0 Å². The van der Waals surface area contributed by atoms with Crippen LogP contribution in [0.1, 0.15) is 18.5 Å². The zero-order valence-corrected chi connectivity index (χ0v) is 18.4. The number of alkyl halides is 3. The minimum absolute atomic E-state index is 0.282. The fraction of sp³-hybridized carbons (Fsp3) is 0.381. The van der Waals surface area contributed by atoms with E-state index in [1.807, 2.05) is 59.2 Å². The van der Waals surface area contributed by atoms with Crippen LogP contribution in [0.25, 0.3) is 5.69 Å². The number of benzene rings is 1. The Balaban J connectivity index is 0.000000406. The van der Waals surface area contributed by atoms with E-state index in [9.17, 15) is 13.2 Å². The first kappa shape index (κ1) is 24.9. The van der Waals surface area contributed by atoms with E-state index >= 15 is 0 Å². The van der Waals surface area contributed by atoms with Crippen LogP contribution in [0, 0.1) is 0 Å². The summed E-state index contributed by atoms with van der Waals surface area (Å²) >= 11 is 0. The number of halogens is 3. The van der Waals surface area contributed by atoms with Gasteiger partial charge in [-0.25, -0.2) is 19.4 Å². The Labute approximate surface area is 193 Å². The van der Waals surface area contributed by atoms with E-state index in [1.165, 1.54) is 0 Å². The molecule has 0 bridgehead atoms. The molecule has 3 aromatic rings. The van der Waals surface area contributed by atoms with Gasteiger partial charge in [-0.3, -0.25) is 0 Å². The Hall–Kier alpha value is -3.74. The van der Waals surface area contributed by atoms with Gasteiger partial charge in [0.15, 0.2) is 0 Å². The molecule has 1 fully saturated rings. The number of aromatic nitrogens is 5. The molecule has 3 heterocycles. The fourth-order valence-electron chi connectivity index (χ4n) is 3.20. The summed E-state index contributed by atoms with van der Waals surface area (Å²) in [7, 11) is 1.97. The van der Waals surface area contributed by atoms with Crippen molar-refractivity contribution in [3.05, 3.63) is 54.6 Å². The topological polar surface area (TPSA) is 126 Å². The number of para-hydroxylation sites is 1. The third kappa shape index (κ3) is 6.88. The predicted molar refractivity (Wildman–Crippen MR) is 119 cm³/mol. The van der Waals surface area contributed by atoms with Crippen LogP contribution in [-0.4, -0.2) is 68.2 Å². The van der Waals surface area contributed by atoms with Gasteiger partial charge in [0.2, 0.25) is 11.9 Å². The molecule has 0 atom stereocenters. The van der Waals surface area contributed by atoms with Gasteiger partial charge < -0.3 is 20.6 Å². The zero-order valence-electron chi connectivity index (χ0n) is 18.4. The van der Waals surface area contributed by atoms with Gasteiger partial charge in [-0.1, -0.05) is 18.2 Å². The second-order valence-electron chi connectivity index (χ2n) is 7.66. The van der Waals surface area contributed by atoms with Crippen LogP contribution >= 0.6 is 0 Å². The van der Waals surface area contributed by atoms with Crippen LogP contribution in [-0.2, 0) is 11.3 Å². The highest BCUT2D eigenvalue weighted by molar-refractivity contribution is 5.73. The Kier molecular flexibility index (Phi) is 7.99. The van der Waals surface area contributed by atoms with E-state index in [1.54, 1.807) is 6.33 Å². The number of nitrogens with zero attached hydrogens (tertiary/aromatic N) is 7. The lowest BCUT2D eigenvalue weighted by atomic mass is 10.1. The molecule has 0 saturated carbocycles. The van der Waals surface area contributed by atoms with Gasteiger partial charge in [-0.05, 0) is 31.0 Å². The van der Waals surface area contributed by atoms with E-state index in [4.69, 9.17) is 15.6 Å². The summed E-state index contributed by atoms with van der Waals surface area (Å²) in [6.07, 6.45) is 0.390. The van der Waals surface area contributed by atoms with Gasteiger partial charge in [-0.2, -0.15) is 23.3 Å². The van der Waals surface area contributed by atoms with E-state index in [-0.39, 0.29) is 6.04 Å². The third-order valence-electron chi connectivity index (χ3n) is 5.02. The lowest BCUT2D eigenvalue weighted by Crippen LogP contribution is -2.40. The summed E-state index contributed by atoms with van der Waals surface area (Å²) < 4.78 is 33.6. The SMILES string of the molecule is CN(Cc1ccn(-c2ccccc2)n1)c1ncnc(N2CCC(N)CC2)n1.O=C(O)C(F)(F)F. The largest absolute Gasteiger partial charge is 0.490 e. The van der Waals surface area contributed by atoms with E-state index < -0.39 is 12.1 Å². The van der Waals surface area contributed by atoms with Crippen LogP contribution in [0.2, 0.25) is 0 Å². The fourth-order valence-corrected chi connectivity index (χ4v) is 3.20. The number of carboxylic acids is 1. The minimum Gasteiger partial charge on any atom is -0.475 e. The summed E-state index contributed by atoms with van der Waals surface area (Å²) in [6, 6.07) is 12.4. The first-order valence-electron chi connectivity index (χ1n) is 10.4. The summed E-state index contributed by atoms with van der Waals surface area (Å²) in [6.45, 7) is 2.39. The number of anilines is 2. The van der Waals surface area contributed by atoms with Crippen molar-refractivity contribution in [3.8, 4) is 5.69 Å². The summed E-state index contributed by atoms with van der Waals surface area (Å²) in [5, 5.41) is 11.8. The van der Waals surface area contributed by atoms with Gasteiger partial charge in [0.25, 0.3) is 0 Å². The molecule has 2 aromatic heterocycles. The van der Waals surface area contributed by atoms with Gasteiger partial charge in [0, 0.05) is 32.4 Å². The highest BCUT2D eigenvalue weighted by Crippen LogP contribution is 2.18. The molecule has 1 saturated heterocycles. The summed E-state index contributed by atoms with van der Waals surface area (Å²) in [5.74, 6) is -1.40. The van der Waals surface area contributed by atoms with Crippen LogP contribution in [0.5, 0.6) is 0 Å². The lowest BCUT2D eigenvalue weighted by molar-refractivity contribution is -0.192. The van der Waals surface area contributed by atoms with Crippen molar-refractivity contribution in [1.82, 2.24) is 24.7 Å². The number of carbonyl (C=O) groups is 1. The Morgan fingerprint density at radius 1 is 1.18 bits per heavy atom. The first-order chi connectivity index (χ1) is 16.1. The molecule has 13 heteroatoms. The molecule has 182 valence electrons. The maximum absolute atomic E-state index is 10.6. The molecule has 0 spiro atoms. The molecule has 0 amide bonds. The average molecular weight is 478 g/mol. The highest BCUT2D eigenvalue weighted by Gasteiger charge is 2.38. The summed E-state index contributed by atoms with van der Waals surface area (Å²) in [5.41, 5.74) is 7.98. The van der Waals surface area contributed by atoms with Crippen molar-refractivity contribution in [2.24, 2.45) is 5.73 Å². The van der Waals surface area contributed by atoms with Crippen molar-refractivity contribution < 1.29 is 23.1 Å². The molecule has 4 rings (SSSR count). The molecular formula is C21H25F3N8O2. The van der Waals surface area contributed by atoms with Crippen molar-refractivity contribution >= 4 is 17.9 Å². The van der Waals surface area contributed by atoms with E-state index in [2.05, 4.69) is 25.0 Å². The van der Waals surface area contributed by atoms with Crippen molar-refractivity contribution in [2.45, 2.75) is 31.6 Å². The molecule has 1 aromatic carbocycles. The molecule has 10 nitrogen and oxygen atoms in total. The number of aliphatic carboxylic acids is 1. The molecule has 0 aliphatic carbocycles. The second kappa shape index (κ2) is 10.9. The standard InChI is InChI=1S/C19H24N8.C2HF3O2/c1-25(13-16-9-12-27(24-16)17-5-3-2-4-6-17)18-21-14-22-19(23-18)26-10-7-15(20)8-11-26;3-2(4,5)1(6)7/h2-6,9,12,14-15H,7-8,10-11,13,20H2,1H3;(H,6,7). The quantitative estimate of drug-likeness (QED) is 0.568. The van der Waals surface area contributed by atoms with Crippen molar-refractivity contribution in [1.29, 1.82) is 0 Å². The van der Waals surface area contributed by atoms with Gasteiger partial charge in [-0.15, -0.1) is 0 Å². The predicted octanol–water partition coefficient (Wildman–Crippen LogP) is 2.25. The number of carboxylic acid groups (broad SMARTS) is 1. The average Bonchev–Trinajstić information content (AvgIpc) is 3.28. The molecule has 34 heavy (non-hydrogen) atoms. The van der Waals surface area contributed by atoms with Crippen LogP contribution < -0.4 is 15.5 Å². The van der Waals surface area contributed by atoms with Gasteiger partial charge >= 0.3 is 12.1 Å². The molecular weight excluding hydrogens is 453 g/mol. The summed E-state index contributed by atoms with van der Waals surface area (Å²) in [4.78, 5) is 26.4. The van der Waals surface area contributed by atoms with E-state index in [0.717, 1.165) is 37.3 Å². The van der Waals surface area contributed by atoms with Gasteiger partial charge in [0.1, 0.15) is 6.33 Å². The first-order valence-corrected chi connectivity index (χ1v) is 10.4. The Bertz CT molecular complexity index is 1070. The highest BCUT2D eigenvalue weighted by atomic mass is 19.4. The molecule has 0 radical (unpaired) electrons. The monoisotopic (exact) mass is 478 g/mol. The Morgan fingerprint density at radius 3 is 2.44 bits per heavy atom. The van der Waals surface area contributed by atoms with Crippen molar-refractivity contribution in [3.63, 3.8) is 0 Å². The Morgan fingerprint density at radius 2 is 1.82 bits per heavy atom. The number of hydrogen-bond acceptors (Lipinski definition) is 8. The molecule has 0 unspecified atom stereocenters. The smallest absolute Gasteiger partial charge is 0.475 e. The van der Waals surface area contributed by atoms with E-state index in [0.29, 0.717) is 18.4 Å². The number of hydrogen-bond donors (Lipinski definition) is 2. The maximum Gasteiger partial charge on any atom is 0.490 e. The number of rotatable bonds is 5. The normalized spacial score (nSPS) is 14.3. The van der Waals surface area contributed by atoms with Gasteiger partial charge in [0.05, 0.1) is 17.9 Å².